The van der Waals surface area contributed by atoms with Crippen LogP contribution in [-0.4, -0.2) is 0 Å². The standard InChI is InChI=1S/C7H7Cl.C6H5ClS/c1-6-2-4-7(8)5-3-6;7-5-1-3-6(8)4-2-5/h2-5H,1H3;1-4,8H/p+1. The van der Waals surface area contributed by atoms with Crippen molar-refractivity contribution < 1.29 is 0 Å². The van der Waals surface area contributed by atoms with Crippen molar-refractivity contribution >= 4 is 35.8 Å². The second-order valence-corrected chi connectivity index (χ2v) is 4.75. The predicted molar refractivity (Wildman–Crippen MR) is 76.1 cm³/mol. The van der Waals surface area contributed by atoms with Gasteiger partial charge in [-0.05, 0) is 56.0 Å². The molecule has 0 saturated carbocycles. The Hall–Kier alpha value is -0.630. The van der Waals surface area contributed by atoms with Crippen molar-refractivity contribution in [3.63, 3.8) is 0 Å². The second kappa shape index (κ2) is 6.85. The Bertz CT molecular complexity index is 335. The Morgan fingerprint density at radius 2 is 1.12 bits per heavy atom. The highest BCUT2D eigenvalue weighted by atomic mass is 35.5. The van der Waals surface area contributed by atoms with Gasteiger partial charge < -0.3 is 0 Å². The third kappa shape index (κ3) is 5.45. The van der Waals surface area contributed by atoms with E-state index in [0.29, 0.717) is 0 Å². The van der Waals surface area contributed by atoms with Crippen LogP contribution < -0.4 is 0 Å². The van der Waals surface area contributed by atoms with Crippen molar-refractivity contribution in [1.82, 2.24) is 0 Å². The van der Waals surface area contributed by atoms with E-state index < -0.39 is 0 Å². The fourth-order valence-corrected chi connectivity index (χ4v) is 1.40. The first-order valence-corrected chi connectivity index (χ1v) is 6.03. The van der Waals surface area contributed by atoms with Crippen molar-refractivity contribution in [2.24, 2.45) is 0 Å². The van der Waals surface area contributed by atoms with Crippen LogP contribution >= 0.6 is 23.2 Å². The fraction of sp³-hybridized carbons (Fsp3) is 0.0769. The number of hydrogen-bond acceptors (Lipinski definition) is 0. The van der Waals surface area contributed by atoms with Crippen LogP contribution in [0.25, 0.3) is 0 Å². The summed E-state index contributed by atoms with van der Waals surface area (Å²) in [4.78, 5) is 1.05. The highest BCUT2D eigenvalue weighted by Gasteiger charge is 1.87. The Kier molecular flexibility index (Phi) is 5.75. The maximum Gasteiger partial charge on any atom is 0.150 e. The fourth-order valence-electron chi connectivity index (χ4n) is 0.983. The van der Waals surface area contributed by atoms with Gasteiger partial charge in [-0.1, -0.05) is 40.9 Å². The van der Waals surface area contributed by atoms with Crippen LogP contribution in [0.3, 0.4) is 0 Å². The van der Waals surface area contributed by atoms with E-state index in [1.807, 2.05) is 55.5 Å². The minimum atomic E-state index is 0.770. The number of rotatable bonds is 0. The Balaban J connectivity index is 0.000000160. The summed E-state index contributed by atoms with van der Waals surface area (Å²) in [5.74, 6) is 0. The summed E-state index contributed by atoms with van der Waals surface area (Å²) in [5, 5.41) is 1.57. The van der Waals surface area contributed by atoms with E-state index in [1.54, 1.807) is 0 Å². The topological polar surface area (TPSA) is 0 Å². The first-order chi connectivity index (χ1) is 7.58. The first kappa shape index (κ1) is 13.4. The number of benzene rings is 2. The van der Waals surface area contributed by atoms with Crippen LogP contribution in [0, 0.1) is 6.92 Å². The number of aryl methyl sites for hydroxylation is 1. The molecule has 2 aromatic carbocycles. The smallest absolute Gasteiger partial charge is 0.0843 e. The first-order valence-electron chi connectivity index (χ1n) is 4.77. The van der Waals surface area contributed by atoms with Crippen LogP contribution in [0.4, 0.5) is 0 Å². The monoisotopic (exact) mass is 271 g/mol. The molecular formula is C13H13Cl2S+. The molecule has 0 atom stereocenters. The SMILES string of the molecule is Cc1ccc(Cl)cc1.[SH2+]c1ccc(Cl)cc1. The zero-order valence-electron chi connectivity index (χ0n) is 8.87. The van der Waals surface area contributed by atoms with E-state index in [-0.39, 0.29) is 0 Å². The van der Waals surface area contributed by atoms with Gasteiger partial charge in [0.05, 0.1) is 0 Å². The predicted octanol–water partition coefficient (Wildman–Crippen LogP) is 4.36. The summed E-state index contributed by atoms with van der Waals surface area (Å²) < 4.78 is 0. The van der Waals surface area contributed by atoms with Gasteiger partial charge in [0.2, 0.25) is 0 Å². The van der Waals surface area contributed by atoms with Crippen molar-refractivity contribution in [3.8, 4) is 0 Å². The lowest BCUT2D eigenvalue weighted by atomic mass is 10.2. The van der Waals surface area contributed by atoms with E-state index in [9.17, 15) is 0 Å². The number of hydrogen-bond donors (Lipinski definition) is 0. The molecule has 0 aromatic heterocycles. The molecular weight excluding hydrogens is 259 g/mol. The van der Waals surface area contributed by atoms with E-state index in [0.717, 1.165) is 14.9 Å². The summed E-state index contributed by atoms with van der Waals surface area (Å²) in [5.41, 5.74) is 1.24. The van der Waals surface area contributed by atoms with Gasteiger partial charge in [0, 0.05) is 10.0 Å². The van der Waals surface area contributed by atoms with Gasteiger partial charge in [-0.25, -0.2) is 0 Å². The molecule has 3 heteroatoms. The molecule has 2 rings (SSSR count). The van der Waals surface area contributed by atoms with Crippen molar-refractivity contribution in [2.75, 3.05) is 0 Å². The third-order valence-electron chi connectivity index (χ3n) is 1.86. The highest BCUT2D eigenvalue weighted by molar-refractivity contribution is 7.58. The summed E-state index contributed by atoms with van der Waals surface area (Å²) in [6, 6.07) is 15.2. The molecule has 0 saturated heterocycles. The number of halogens is 2. The summed E-state index contributed by atoms with van der Waals surface area (Å²) in [6.45, 7) is 2.04. The zero-order valence-corrected chi connectivity index (χ0v) is 11.4. The van der Waals surface area contributed by atoms with Crippen LogP contribution in [0.15, 0.2) is 53.4 Å². The van der Waals surface area contributed by atoms with Gasteiger partial charge in [-0.2, -0.15) is 0 Å². The Labute approximate surface area is 112 Å². The molecule has 0 spiro atoms. The molecule has 0 aliphatic rings. The Morgan fingerprint density at radius 3 is 1.44 bits per heavy atom. The average Bonchev–Trinajstić information content (AvgIpc) is 2.28. The molecule has 0 aliphatic carbocycles. The van der Waals surface area contributed by atoms with Gasteiger partial charge in [0.15, 0.2) is 0 Å². The molecule has 0 N–H and O–H groups in total. The molecule has 0 unspecified atom stereocenters. The molecule has 84 valence electrons. The molecule has 16 heavy (non-hydrogen) atoms. The summed E-state index contributed by atoms with van der Waals surface area (Å²) in [7, 11) is 0. The van der Waals surface area contributed by atoms with Crippen molar-refractivity contribution in [2.45, 2.75) is 11.8 Å². The van der Waals surface area contributed by atoms with Gasteiger partial charge >= 0.3 is 0 Å². The Morgan fingerprint density at radius 1 is 0.750 bits per heavy atom. The molecule has 0 radical (unpaired) electrons. The lowest BCUT2D eigenvalue weighted by molar-refractivity contribution is 1.48. The highest BCUT2D eigenvalue weighted by Crippen LogP contribution is 2.08. The minimum absolute atomic E-state index is 0.770. The zero-order chi connectivity index (χ0) is 12.0. The molecule has 0 heterocycles. The normalized spacial score (nSPS) is 9.25. The minimum Gasteiger partial charge on any atom is -0.0843 e. The van der Waals surface area contributed by atoms with Crippen molar-refractivity contribution in [3.05, 3.63) is 64.1 Å². The average molecular weight is 272 g/mol. The third-order valence-corrected chi connectivity index (χ3v) is 2.69. The quantitative estimate of drug-likeness (QED) is 0.625. The lowest BCUT2D eigenvalue weighted by Gasteiger charge is -1.88. The van der Waals surface area contributed by atoms with E-state index in [4.69, 9.17) is 23.2 Å². The molecule has 2 aromatic rings. The second-order valence-electron chi connectivity index (χ2n) is 3.30. The molecule has 0 nitrogen and oxygen atoms in total. The van der Waals surface area contributed by atoms with E-state index in [2.05, 4.69) is 12.6 Å². The van der Waals surface area contributed by atoms with Crippen LogP contribution in [0.1, 0.15) is 5.56 Å². The van der Waals surface area contributed by atoms with Crippen molar-refractivity contribution in [1.29, 1.82) is 0 Å². The van der Waals surface area contributed by atoms with Gasteiger partial charge in [0.25, 0.3) is 0 Å². The van der Waals surface area contributed by atoms with Gasteiger partial charge in [-0.15, -0.1) is 0 Å². The maximum absolute atomic E-state index is 5.61. The summed E-state index contributed by atoms with van der Waals surface area (Å²) >= 11 is 14.5. The van der Waals surface area contributed by atoms with E-state index >= 15 is 0 Å². The van der Waals surface area contributed by atoms with Crippen LogP contribution in [0.2, 0.25) is 10.0 Å². The largest absolute Gasteiger partial charge is 0.150 e. The van der Waals surface area contributed by atoms with Crippen LogP contribution in [-0.2, 0) is 12.6 Å². The lowest BCUT2D eigenvalue weighted by Crippen LogP contribution is -1.66. The summed E-state index contributed by atoms with van der Waals surface area (Å²) in [6.07, 6.45) is 0. The molecule has 0 fully saturated rings. The van der Waals surface area contributed by atoms with Crippen LogP contribution in [0.5, 0.6) is 0 Å². The van der Waals surface area contributed by atoms with Gasteiger partial charge in [0.1, 0.15) is 4.90 Å². The molecule has 0 bridgehead atoms. The molecule has 0 aliphatic heterocycles. The molecule has 0 amide bonds. The van der Waals surface area contributed by atoms with E-state index in [1.165, 1.54) is 5.56 Å². The van der Waals surface area contributed by atoms with Gasteiger partial charge in [-0.3, -0.25) is 0 Å². The maximum atomic E-state index is 5.61.